The second-order valence-corrected chi connectivity index (χ2v) is 7.65. The molecule has 0 aliphatic carbocycles. The van der Waals surface area contributed by atoms with Crippen LogP contribution in [-0.2, 0) is 11.2 Å². The molecule has 0 spiro atoms. The molecule has 2 aromatic rings. The molecule has 2 aromatic carbocycles. The van der Waals surface area contributed by atoms with E-state index in [0.717, 1.165) is 43.3 Å². The summed E-state index contributed by atoms with van der Waals surface area (Å²) in [4.78, 5) is 14.8. The molecule has 1 heterocycles. The molecule has 1 aliphatic rings. The molecule has 31 heavy (non-hydrogen) atoms. The number of hydrogen-bond acceptors (Lipinski definition) is 5. The van der Waals surface area contributed by atoms with Crippen LogP contribution >= 0.6 is 0 Å². The highest BCUT2D eigenvalue weighted by atomic mass is 16.5. The van der Waals surface area contributed by atoms with E-state index in [2.05, 4.69) is 22.3 Å². The first kappa shape index (κ1) is 22.7. The molecule has 0 atom stereocenters. The smallest absolute Gasteiger partial charge is 0.227 e. The Bertz CT molecular complexity index is 841. The van der Waals surface area contributed by atoms with E-state index in [1.165, 1.54) is 24.0 Å². The zero-order valence-electron chi connectivity index (χ0n) is 18.4. The number of benzene rings is 2. The molecular weight excluding hydrogens is 392 g/mol. The number of likely N-dealkylation sites (tertiary alicyclic amines) is 1. The molecule has 0 unspecified atom stereocenters. The first-order valence-electron chi connectivity index (χ1n) is 10.8. The Balaban J connectivity index is 1.51. The van der Waals surface area contributed by atoms with Gasteiger partial charge in [0.1, 0.15) is 17.2 Å². The van der Waals surface area contributed by atoms with Crippen LogP contribution in [0.4, 0.5) is 0 Å². The van der Waals surface area contributed by atoms with Gasteiger partial charge in [-0.1, -0.05) is 12.1 Å². The molecule has 0 radical (unpaired) electrons. The third kappa shape index (κ3) is 7.64. The minimum absolute atomic E-state index is 0.0536. The van der Waals surface area contributed by atoms with E-state index in [1.54, 1.807) is 14.2 Å². The average molecular weight is 425 g/mol. The predicted octanol–water partition coefficient (Wildman–Crippen LogP) is 3.81. The first-order chi connectivity index (χ1) is 15.2. The van der Waals surface area contributed by atoms with Crippen molar-refractivity contribution in [2.75, 3.05) is 40.5 Å². The van der Waals surface area contributed by atoms with Crippen LogP contribution < -0.4 is 19.5 Å². The van der Waals surface area contributed by atoms with Gasteiger partial charge in [0.2, 0.25) is 5.91 Å². The number of hydrogen-bond donors (Lipinski definition) is 1. The van der Waals surface area contributed by atoms with E-state index in [-0.39, 0.29) is 5.91 Å². The summed E-state index contributed by atoms with van der Waals surface area (Å²) in [5, 5.41) is 2.95. The van der Waals surface area contributed by atoms with Crippen molar-refractivity contribution in [3.8, 4) is 17.2 Å². The highest BCUT2D eigenvalue weighted by Crippen LogP contribution is 2.18. The summed E-state index contributed by atoms with van der Waals surface area (Å²) in [6.45, 7) is 3.42. The first-order valence-corrected chi connectivity index (χ1v) is 10.8. The van der Waals surface area contributed by atoms with Gasteiger partial charge < -0.3 is 19.5 Å². The Labute approximate surface area is 184 Å². The molecule has 0 aromatic heterocycles. The van der Waals surface area contributed by atoms with Crippen LogP contribution in [0.25, 0.3) is 0 Å². The predicted molar refractivity (Wildman–Crippen MR) is 122 cm³/mol. The van der Waals surface area contributed by atoms with Gasteiger partial charge in [-0.25, -0.2) is 0 Å². The number of ether oxygens (including phenoxy) is 3. The lowest BCUT2D eigenvalue weighted by Crippen LogP contribution is -2.26. The molecule has 3 rings (SSSR count). The van der Waals surface area contributed by atoms with Crippen LogP contribution in [0.1, 0.15) is 24.8 Å². The van der Waals surface area contributed by atoms with Gasteiger partial charge in [-0.3, -0.25) is 9.69 Å². The Morgan fingerprint density at radius 2 is 1.52 bits per heavy atom. The van der Waals surface area contributed by atoms with Gasteiger partial charge in [-0.2, -0.15) is 0 Å². The number of rotatable bonds is 11. The van der Waals surface area contributed by atoms with Crippen LogP contribution in [0.2, 0.25) is 0 Å². The molecule has 0 bridgehead atoms. The van der Waals surface area contributed by atoms with E-state index in [4.69, 9.17) is 14.2 Å². The Kier molecular flexibility index (Phi) is 8.79. The standard InChI is InChI=1S/C25H32N2O4/c1-29-22-7-5-20(6-8-22)17-21(19-27-14-3-4-15-27)18-26-25(28)13-16-31-24-11-9-23(30-2)10-12-24/h5-12,18H,3-4,13-17,19H2,1-2H3,(H,26,28)/b21-18-. The molecule has 166 valence electrons. The molecule has 1 saturated heterocycles. The van der Waals surface area contributed by atoms with Gasteiger partial charge in [0.15, 0.2) is 0 Å². The maximum atomic E-state index is 12.3. The topological polar surface area (TPSA) is 60.0 Å². The fourth-order valence-electron chi connectivity index (χ4n) is 3.57. The van der Waals surface area contributed by atoms with E-state index in [9.17, 15) is 4.79 Å². The van der Waals surface area contributed by atoms with Crippen molar-refractivity contribution in [2.24, 2.45) is 0 Å². The summed E-state index contributed by atoms with van der Waals surface area (Å²) >= 11 is 0. The van der Waals surface area contributed by atoms with Gasteiger partial charge in [-0.05, 0) is 79.9 Å². The molecule has 1 N–H and O–H groups in total. The summed E-state index contributed by atoms with van der Waals surface area (Å²) < 4.78 is 16.0. The van der Waals surface area contributed by atoms with Crippen molar-refractivity contribution in [1.29, 1.82) is 0 Å². The number of nitrogens with one attached hydrogen (secondary N) is 1. The largest absolute Gasteiger partial charge is 0.497 e. The normalized spacial score (nSPS) is 14.3. The number of methoxy groups -OCH3 is 2. The van der Waals surface area contributed by atoms with Gasteiger partial charge in [0.25, 0.3) is 0 Å². The summed E-state index contributed by atoms with van der Waals surface area (Å²) in [6, 6.07) is 15.4. The monoisotopic (exact) mass is 424 g/mol. The number of nitrogens with zero attached hydrogens (tertiary/aromatic N) is 1. The van der Waals surface area contributed by atoms with Crippen LogP contribution in [0, 0.1) is 0 Å². The highest BCUT2D eigenvalue weighted by Gasteiger charge is 2.14. The van der Waals surface area contributed by atoms with Crippen LogP contribution in [0.3, 0.4) is 0 Å². The summed E-state index contributed by atoms with van der Waals surface area (Å²) in [5.74, 6) is 2.29. The van der Waals surface area contributed by atoms with Gasteiger partial charge in [0.05, 0.1) is 27.2 Å². The van der Waals surface area contributed by atoms with Gasteiger partial charge in [0, 0.05) is 12.7 Å². The lowest BCUT2D eigenvalue weighted by atomic mass is 10.1. The van der Waals surface area contributed by atoms with Crippen molar-refractivity contribution >= 4 is 5.91 Å². The second kappa shape index (κ2) is 12.0. The van der Waals surface area contributed by atoms with Gasteiger partial charge >= 0.3 is 0 Å². The zero-order valence-corrected chi connectivity index (χ0v) is 18.4. The summed E-state index contributed by atoms with van der Waals surface area (Å²) in [6.07, 6.45) is 5.44. The molecule has 1 fully saturated rings. The van der Waals surface area contributed by atoms with Crippen molar-refractivity contribution in [2.45, 2.75) is 25.7 Å². The van der Waals surface area contributed by atoms with Crippen molar-refractivity contribution in [3.05, 3.63) is 65.9 Å². The highest BCUT2D eigenvalue weighted by molar-refractivity contribution is 5.77. The number of amides is 1. The van der Waals surface area contributed by atoms with Crippen molar-refractivity contribution in [1.82, 2.24) is 10.2 Å². The van der Waals surface area contributed by atoms with Gasteiger partial charge in [-0.15, -0.1) is 0 Å². The van der Waals surface area contributed by atoms with E-state index in [1.807, 2.05) is 42.6 Å². The van der Waals surface area contributed by atoms with E-state index >= 15 is 0 Å². The molecule has 6 nitrogen and oxygen atoms in total. The van der Waals surface area contributed by atoms with E-state index in [0.29, 0.717) is 13.0 Å². The van der Waals surface area contributed by atoms with Crippen LogP contribution in [-0.4, -0.2) is 51.3 Å². The van der Waals surface area contributed by atoms with E-state index < -0.39 is 0 Å². The maximum Gasteiger partial charge on any atom is 0.227 e. The quantitative estimate of drug-likeness (QED) is 0.594. The number of carbonyl (C=O) groups is 1. The SMILES string of the molecule is COc1ccc(C/C(=C/NC(=O)CCOc2ccc(OC)cc2)CN2CCCC2)cc1. The Morgan fingerprint density at radius 3 is 2.13 bits per heavy atom. The fraction of sp³-hybridized carbons (Fsp3) is 0.400. The second-order valence-electron chi connectivity index (χ2n) is 7.65. The lowest BCUT2D eigenvalue weighted by Gasteiger charge is -2.18. The third-order valence-corrected chi connectivity index (χ3v) is 5.31. The minimum atomic E-state index is -0.0536. The molecule has 6 heteroatoms. The minimum Gasteiger partial charge on any atom is -0.497 e. The molecule has 1 amide bonds. The molecule has 0 saturated carbocycles. The number of carbonyl (C=O) groups excluding carboxylic acids is 1. The van der Waals surface area contributed by atoms with Crippen molar-refractivity contribution in [3.63, 3.8) is 0 Å². The molecular formula is C25H32N2O4. The third-order valence-electron chi connectivity index (χ3n) is 5.31. The van der Waals surface area contributed by atoms with Crippen LogP contribution in [0.5, 0.6) is 17.2 Å². The maximum absolute atomic E-state index is 12.3. The molecule has 1 aliphatic heterocycles. The fourth-order valence-corrected chi connectivity index (χ4v) is 3.57. The lowest BCUT2D eigenvalue weighted by molar-refractivity contribution is -0.120. The Morgan fingerprint density at radius 1 is 0.935 bits per heavy atom. The Hall–Kier alpha value is -2.99. The summed E-state index contributed by atoms with van der Waals surface area (Å²) in [5.41, 5.74) is 2.39. The zero-order chi connectivity index (χ0) is 21.9. The van der Waals surface area contributed by atoms with Crippen LogP contribution in [0.15, 0.2) is 60.3 Å². The van der Waals surface area contributed by atoms with Crippen molar-refractivity contribution < 1.29 is 19.0 Å². The average Bonchev–Trinajstić information content (AvgIpc) is 3.31. The summed E-state index contributed by atoms with van der Waals surface area (Å²) in [7, 11) is 3.29.